The first-order valence-electron chi connectivity index (χ1n) is 13.7. The van der Waals surface area contributed by atoms with Crippen molar-refractivity contribution >= 4 is 6.08 Å². The predicted molar refractivity (Wildman–Crippen MR) is 145 cm³/mol. The number of rotatable bonds is 8. The van der Waals surface area contributed by atoms with Gasteiger partial charge in [0.1, 0.15) is 71.8 Å². The minimum Gasteiger partial charge on any atom is -0.508 e. The fraction of sp³-hybridized carbons (Fsp3) is 0.500. The van der Waals surface area contributed by atoms with Gasteiger partial charge < -0.3 is 84.6 Å². The Kier molecular flexibility index (Phi) is 9.47. The fourth-order valence-electron chi connectivity index (χ4n) is 5.17. The molecule has 0 spiro atoms. The summed E-state index contributed by atoms with van der Waals surface area (Å²) in [6.45, 7) is -1.47. The highest BCUT2D eigenvalue weighted by Gasteiger charge is 2.47. The molecule has 0 aromatic heterocycles. The van der Waals surface area contributed by atoms with E-state index in [1.54, 1.807) is 0 Å². The maximum absolute atomic E-state index is 10.6. The molecule has 0 radical (unpaired) electrons. The Hall–Kier alpha value is -3.62. The van der Waals surface area contributed by atoms with Crippen LogP contribution in [-0.4, -0.2) is 138 Å². The van der Waals surface area contributed by atoms with Gasteiger partial charge in [-0.3, -0.25) is 0 Å². The second-order valence-corrected chi connectivity index (χ2v) is 10.6. The van der Waals surface area contributed by atoms with E-state index >= 15 is 0 Å². The number of hydrogen-bond donors (Lipinski definition) is 11. The Morgan fingerprint density at radius 1 is 0.689 bits per heavy atom. The van der Waals surface area contributed by atoms with Gasteiger partial charge in [-0.25, -0.2) is 0 Å². The highest BCUT2D eigenvalue weighted by Crippen LogP contribution is 2.48. The first-order chi connectivity index (χ1) is 21.4. The Morgan fingerprint density at radius 2 is 1.27 bits per heavy atom. The van der Waals surface area contributed by atoms with Crippen LogP contribution < -0.4 is 14.2 Å². The van der Waals surface area contributed by atoms with Crippen molar-refractivity contribution in [1.29, 1.82) is 0 Å². The molecule has 3 heterocycles. The lowest BCUT2D eigenvalue weighted by Gasteiger charge is -2.41. The third-order valence-electron chi connectivity index (χ3n) is 7.67. The molecular weight excluding hydrogens is 608 g/mol. The number of hydrogen-bond acceptors (Lipinski definition) is 17. The summed E-state index contributed by atoms with van der Waals surface area (Å²) in [6, 6.07) is 4.69. The van der Waals surface area contributed by atoms with E-state index in [1.807, 2.05) is 0 Å². The molecule has 2 fully saturated rings. The topological polar surface area (TPSA) is 278 Å². The molecule has 2 saturated heterocycles. The Bertz CT molecular complexity index is 1400. The molecule has 5 rings (SSSR count). The lowest BCUT2D eigenvalue weighted by molar-refractivity contribution is -0.293. The molecule has 45 heavy (non-hydrogen) atoms. The van der Waals surface area contributed by atoms with Gasteiger partial charge in [0.2, 0.25) is 18.3 Å². The van der Waals surface area contributed by atoms with Crippen LogP contribution >= 0.6 is 0 Å². The molecule has 248 valence electrons. The summed E-state index contributed by atoms with van der Waals surface area (Å²) in [4.78, 5) is 0. The second-order valence-electron chi connectivity index (χ2n) is 10.6. The smallest absolute Gasteiger partial charge is 0.229 e. The Balaban J connectivity index is 1.57. The van der Waals surface area contributed by atoms with Crippen LogP contribution in [0.2, 0.25) is 0 Å². The summed E-state index contributed by atoms with van der Waals surface area (Å²) < 4.78 is 33.8. The van der Waals surface area contributed by atoms with Crippen LogP contribution in [0.5, 0.6) is 34.5 Å². The summed E-state index contributed by atoms with van der Waals surface area (Å²) in [5, 5.41) is 112. The van der Waals surface area contributed by atoms with Crippen LogP contribution in [0, 0.1) is 0 Å². The Morgan fingerprint density at radius 3 is 1.82 bits per heavy atom. The van der Waals surface area contributed by atoms with Gasteiger partial charge >= 0.3 is 0 Å². The highest BCUT2D eigenvalue weighted by molar-refractivity contribution is 5.70. The van der Waals surface area contributed by atoms with Gasteiger partial charge in [0, 0.05) is 17.7 Å². The zero-order valence-electron chi connectivity index (χ0n) is 23.5. The second kappa shape index (κ2) is 13.0. The first kappa shape index (κ1) is 32.8. The molecule has 0 aliphatic carbocycles. The van der Waals surface area contributed by atoms with Crippen molar-refractivity contribution in [2.75, 3.05) is 20.3 Å². The molecule has 1 unspecified atom stereocenters. The summed E-state index contributed by atoms with van der Waals surface area (Å²) >= 11 is 0. The molecule has 2 aromatic rings. The van der Waals surface area contributed by atoms with E-state index in [4.69, 9.17) is 28.4 Å². The molecule has 0 amide bonds. The molecule has 0 saturated carbocycles. The SMILES string of the molecule is COc1cc(C2Oc3cc(O)cc(O[C@@H]4O[C@H](CO)[C@@H](O)[C@H](O)[C@H]4O)c3C=C2O[C@@H]2O[C@H](CO)[C@@H](O)[C@H](O)[C@H]2O)cc(O)c1O. The summed E-state index contributed by atoms with van der Waals surface area (Å²) in [6.07, 6.45) is -16.6. The van der Waals surface area contributed by atoms with Crippen LogP contribution in [0.4, 0.5) is 0 Å². The van der Waals surface area contributed by atoms with Crippen molar-refractivity contribution in [3.05, 3.63) is 41.2 Å². The predicted octanol–water partition coefficient (Wildman–Crippen LogP) is -2.72. The summed E-state index contributed by atoms with van der Waals surface area (Å²) in [7, 11) is 1.23. The minimum atomic E-state index is -1.84. The molecule has 11 N–H and O–H groups in total. The average Bonchev–Trinajstić information content (AvgIpc) is 3.02. The van der Waals surface area contributed by atoms with Crippen LogP contribution in [-0.2, 0) is 14.2 Å². The number of aliphatic hydroxyl groups excluding tert-OH is 8. The van der Waals surface area contributed by atoms with Gasteiger partial charge in [-0.2, -0.15) is 0 Å². The van der Waals surface area contributed by atoms with Crippen LogP contribution in [0.1, 0.15) is 17.2 Å². The van der Waals surface area contributed by atoms with Gasteiger partial charge in [0.05, 0.1) is 25.9 Å². The average molecular weight is 643 g/mol. The van der Waals surface area contributed by atoms with E-state index in [2.05, 4.69) is 0 Å². The van der Waals surface area contributed by atoms with Gasteiger partial charge in [-0.05, 0) is 18.2 Å². The highest BCUT2D eigenvalue weighted by atomic mass is 16.7. The van der Waals surface area contributed by atoms with E-state index in [9.17, 15) is 56.2 Å². The van der Waals surface area contributed by atoms with Crippen molar-refractivity contribution in [1.82, 2.24) is 0 Å². The fourth-order valence-corrected chi connectivity index (χ4v) is 5.17. The lowest BCUT2D eigenvalue weighted by Crippen LogP contribution is -2.60. The van der Waals surface area contributed by atoms with Gasteiger partial charge in [-0.15, -0.1) is 0 Å². The number of phenols is 3. The molecule has 3 aliphatic rings. The molecule has 0 bridgehead atoms. The van der Waals surface area contributed by atoms with Crippen molar-refractivity contribution < 1.29 is 84.6 Å². The molecule has 3 aliphatic heterocycles. The monoisotopic (exact) mass is 642 g/mol. The first-order valence-corrected chi connectivity index (χ1v) is 13.7. The number of methoxy groups -OCH3 is 1. The number of aromatic hydroxyl groups is 3. The normalized spacial score (nSPS) is 34.7. The number of aliphatic hydroxyl groups is 8. The van der Waals surface area contributed by atoms with Crippen molar-refractivity contribution in [3.8, 4) is 34.5 Å². The van der Waals surface area contributed by atoms with Gasteiger partial charge in [0.25, 0.3) is 0 Å². The summed E-state index contributed by atoms with van der Waals surface area (Å²) in [5.41, 5.74) is 0.152. The molecule has 17 heteroatoms. The van der Waals surface area contributed by atoms with Crippen LogP contribution in [0.25, 0.3) is 6.08 Å². The summed E-state index contributed by atoms with van der Waals surface area (Å²) in [5.74, 6) is -2.21. The van der Waals surface area contributed by atoms with E-state index in [0.29, 0.717) is 0 Å². The van der Waals surface area contributed by atoms with E-state index in [1.165, 1.54) is 25.3 Å². The largest absolute Gasteiger partial charge is 0.508 e. The maximum Gasteiger partial charge on any atom is 0.229 e. The van der Waals surface area contributed by atoms with Crippen molar-refractivity contribution in [2.45, 2.75) is 67.5 Å². The molecular formula is C28H34O17. The van der Waals surface area contributed by atoms with Gasteiger partial charge in [-0.1, -0.05) is 0 Å². The van der Waals surface area contributed by atoms with E-state index in [0.717, 1.165) is 12.1 Å². The number of phenolic OH excluding ortho intramolecular Hbond substituents is 3. The number of ether oxygens (including phenoxy) is 6. The quantitative estimate of drug-likeness (QED) is 0.131. The van der Waals surface area contributed by atoms with Crippen molar-refractivity contribution in [2.24, 2.45) is 0 Å². The van der Waals surface area contributed by atoms with Crippen molar-refractivity contribution in [3.63, 3.8) is 0 Å². The number of fused-ring (bicyclic) bond motifs is 1. The lowest BCUT2D eigenvalue weighted by atomic mass is 9.98. The van der Waals surface area contributed by atoms with E-state index in [-0.39, 0.29) is 34.1 Å². The Labute approximate surface area is 254 Å². The maximum atomic E-state index is 10.6. The van der Waals surface area contributed by atoms with Crippen LogP contribution in [0.3, 0.4) is 0 Å². The van der Waals surface area contributed by atoms with E-state index < -0.39 is 98.0 Å². The minimum absolute atomic E-state index is 0.0376. The molecule has 2 aromatic carbocycles. The zero-order valence-corrected chi connectivity index (χ0v) is 23.5. The third kappa shape index (κ3) is 6.15. The zero-order chi connectivity index (χ0) is 32.7. The molecule has 11 atom stereocenters. The third-order valence-corrected chi connectivity index (χ3v) is 7.67. The standard InChI is InChI=1S/C28H34O17/c1-40-15-3-9(2-12(32)19(15)33)26-16(43-28-25(39)23(37)21(35)18(8-30)45-28)6-11-13(41-26)4-10(31)5-14(11)42-27-24(38)22(36)20(34)17(7-29)44-27/h2-6,17-18,20-39H,7-8H2,1H3/t17-,18-,20-,21-,22+,23+,24-,25-,26?,27-,28-/m1/s1. The van der Waals surface area contributed by atoms with Gasteiger partial charge in [0.15, 0.2) is 17.6 Å². The molecule has 17 nitrogen and oxygen atoms in total. The van der Waals surface area contributed by atoms with Crippen LogP contribution in [0.15, 0.2) is 30.0 Å². The number of benzene rings is 2.